The number of nitro benzene ring substituents is 1. The Balaban J connectivity index is 1.66. The van der Waals surface area contributed by atoms with Crippen molar-refractivity contribution in [2.45, 2.75) is 26.3 Å². The lowest BCUT2D eigenvalue weighted by Gasteiger charge is -2.09. The van der Waals surface area contributed by atoms with Gasteiger partial charge in [-0.05, 0) is 31.5 Å². The van der Waals surface area contributed by atoms with Crippen molar-refractivity contribution in [1.29, 1.82) is 0 Å². The van der Waals surface area contributed by atoms with Gasteiger partial charge in [0, 0.05) is 24.6 Å². The van der Waals surface area contributed by atoms with E-state index in [4.69, 9.17) is 4.42 Å². The van der Waals surface area contributed by atoms with E-state index in [9.17, 15) is 24.5 Å². The molecule has 3 rings (SSSR count). The molecule has 0 aliphatic heterocycles. The fourth-order valence-corrected chi connectivity index (χ4v) is 2.89. The van der Waals surface area contributed by atoms with Crippen LogP contribution in [0.2, 0.25) is 0 Å². The van der Waals surface area contributed by atoms with Crippen LogP contribution < -0.4 is 11.1 Å². The van der Waals surface area contributed by atoms with E-state index in [1.165, 1.54) is 29.7 Å². The number of carbonyl (C=O) groups excluding carboxylic acids is 2. The van der Waals surface area contributed by atoms with Crippen molar-refractivity contribution < 1.29 is 18.9 Å². The average molecular weight is 383 g/mol. The molecule has 144 valence electrons. The van der Waals surface area contributed by atoms with Crippen LogP contribution in [0.3, 0.4) is 0 Å². The third-order valence-electron chi connectivity index (χ3n) is 4.23. The molecule has 0 fully saturated rings. The number of hydrogen-bond donors (Lipinski definition) is 1. The number of amides is 1. The molecule has 0 bridgehead atoms. The predicted octanol–water partition coefficient (Wildman–Crippen LogP) is 3.12. The van der Waals surface area contributed by atoms with Crippen molar-refractivity contribution in [3.63, 3.8) is 0 Å². The number of rotatable bonds is 7. The van der Waals surface area contributed by atoms with Crippen LogP contribution in [0.25, 0.3) is 11.1 Å². The van der Waals surface area contributed by atoms with E-state index in [0.717, 1.165) is 0 Å². The molecule has 0 aliphatic rings. The van der Waals surface area contributed by atoms with E-state index in [1.54, 1.807) is 24.3 Å². The van der Waals surface area contributed by atoms with Gasteiger partial charge in [0.15, 0.2) is 11.4 Å². The van der Waals surface area contributed by atoms with Gasteiger partial charge in [-0.2, -0.15) is 0 Å². The highest BCUT2D eigenvalue weighted by Gasteiger charge is 2.15. The van der Waals surface area contributed by atoms with Gasteiger partial charge in [-0.3, -0.25) is 24.3 Å². The average Bonchev–Trinajstić information content (AvgIpc) is 2.96. The monoisotopic (exact) mass is 383 g/mol. The molecular weight excluding hydrogens is 366 g/mol. The minimum atomic E-state index is -0.641. The minimum absolute atomic E-state index is 0.123. The highest BCUT2D eigenvalue weighted by molar-refractivity contribution is 6.03. The molecule has 0 atom stereocenters. The number of nitro groups is 1. The Hall–Kier alpha value is -3.75. The van der Waals surface area contributed by atoms with Gasteiger partial charge in [0.2, 0.25) is 5.91 Å². The molecule has 1 heterocycles. The summed E-state index contributed by atoms with van der Waals surface area (Å²) in [6.45, 7) is 1.64. The fraction of sp³-hybridized carbons (Fsp3) is 0.211. The molecule has 0 unspecified atom stereocenters. The van der Waals surface area contributed by atoms with Crippen LogP contribution in [-0.4, -0.2) is 21.2 Å². The lowest BCUT2D eigenvalue weighted by atomic mass is 10.1. The molecule has 2 aromatic carbocycles. The maximum absolute atomic E-state index is 12.2. The molecule has 9 heteroatoms. The number of fused-ring (bicyclic) bond motifs is 1. The number of carbonyl (C=O) groups is 2. The Morgan fingerprint density at radius 2 is 1.96 bits per heavy atom. The third kappa shape index (κ3) is 3.98. The quantitative estimate of drug-likeness (QED) is 0.380. The smallest absolute Gasteiger partial charge is 0.407 e. The van der Waals surface area contributed by atoms with E-state index in [2.05, 4.69) is 5.32 Å². The van der Waals surface area contributed by atoms with Crippen LogP contribution in [0.4, 0.5) is 11.4 Å². The van der Waals surface area contributed by atoms with Crippen LogP contribution in [0.1, 0.15) is 30.1 Å². The second-order valence-electron chi connectivity index (χ2n) is 6.18. The maximum atomic E-state index is 12.2. The molecule has 0 aliphatic carbocycles. The number of oxazole rings is 1. The van der Waals surface area contributed by atoms with E-state index < -0.39 is 10.7 Å². The summed E-state index contributed by atoms with van der Waals surface area (Å²) in [7, 11) is 0. The largest absolute Gasteiger partial charge is 0.419 e. The number of aryl methyl sites for hydroxylation is 1. The van der Waals surface area contributed by atoms with E-state index >= 15 is 0 Å². The molecule has 28 heavy (non-hydrogen) atoms. The first-order chi connectivity index (χ1) is 13.4. The molecule has 9 nitrogen and oxygen atoms in total. The molecule has 0 saturated carbocycles. The molecule has 3 aromatic rings. The SMILES string of the molecule is CC(=O)c1ccccc1NC(=O)CCCn1c(=O)oc2cc([N+](=O)[O-])ccc21. The predicted molar refractivity (Wildman–Crippen MR) is 101 cm³/mol. The molecule has 1 N–H and O–H groups in total. The Morgan fingerprint density at radius 1 is 1.21 bits per heavy atom. The van der Waals surface area contributed by atoms with Gasteiger partial charge in [0.1, 0.15) is 0 Å². The highest BCUT2D eigenvalue weighted by Crippen LogP contribution is 2.20. The lowest BCUT2D eigenvalue weighted by molar-refractivity contribution is -0.384. The van der Waals surface area contributed by atoms with Crippen molar-refractivity contribution in [3.8, 4) is 0 Å². The van der Waals surface area contributed by atoms with E-state index in [-0.39, 0.29) is 35.9 Å². The Bertz CT molecular complexity index is 1130. The topological polar surface area (TPSA) is 124 Å². The van der Waals surface area contributed by atoms with Crippen molar-refractivity contribution in [3.05, 3.63) is 68.7 Å². The number of ketones is 1. The van der Waals surface area contributed by atoms with Gasteiger partial charge in [0.05, 0.1) is 22.2 Å². The summed E-state index contributed by atoms with van der Waals surface area (Å²) >= 11 is 0. The Labute approximate surface area is 158 Å². The normalized spacial score (nSPS) is 10.8. The number of nitrogens with one attached hydrogen (secondary N) is 1. The van der Waals surface area contributed by atoms with Gasteiger partial charge < -0.3 is 9.73 Å². The summed E-state index contributed by atoms with van der Waals surface area (Å²) in [6, 6.07) is 10.6. The van der Waals surface area contributed by atoms with E-state index in [0.29, 0.717) is 23.2 Å². The Kier molecular flexibility index (Phi) is 5.35. The van der Waals surface area contributed by atoms with E-state index in [1.807, 2.05) is 0 Å². The van der Waals surface area contributed by atoms with Gasteiger partial charge in [0.25, 0.3) is 5.69 Å². The van der Waals surface area contributed by atoms with Crippen LogP contribution in [-0.2, 0) is 11.3 Å². The first kappa shape index (κ1) is 19.0. The van der Waals surface area contributed by atoms with Crippen molar-refractivity contribution >= 4 is 34.2 Å². The third-order valence-corrected chi connectivity index (χ3v) is 4.23. The molecule has 1 amide bonds. The summed E-state index contributed by atoms with van der Waals surface area (Å²) in [6.07, 6.45) is 0.470. The van der Waals surface area contributed by atoms with Gasteiger partial charge in [-0.25, -0.2) is 4.79 Å². The molecule has 1 aromatic heterocycles. The second kappa shape index (κ2) is 7.87. The first-order valence-corrected chi connectivity index (χ1v) is 8.54. The van der Waals surface area contributed by atoms with Crippen molar-refractivity contribution in [1.82, 2.24) is 4.57 Å². The highest BCUT2D eigenvalue weighted by atomic mass is 16.6. The fourth-order valence-electron chi connectivity index (χ4n) is 2.89. The molecule has 0 radical (unpaired) electrons. The van der Waals surface area contributed by atoms with Gasteiger partial charge in [-0.15, -0.1) is 0 Å². The minimum Gasteiger partial charge on any atom is -0.407 e. The van der Waals surface area contributed by atoms with Crippen LogP contribution in [0.5, 0.6) is 0 Å². The maximum Gasteiger partial charge on any atom is 0.419 e. The van der Waals surface area contributed by atoms with Crippen LogP contribution in [0, 0.1) is 10.1 Å². The zero-order valence-electron chi connectivity index (χ0n) is 15.0. The van der Waals surface area contributed by atoms with Crippen LogP contribution in [0.15, 0.2) is 51.7 Å². The standard InChI is InChI=1S/C19H17N3O6/c1-12(23)14-5-2-3-6-15(14)20-18(24)7-4-10-21-16-9-8-13(22(26)27)11-17(16)28-19(21)25/h2-3,5-6,8-9,11H,4,7,10H2,1H3,(H,20,24). The van der Waals surface area contributed by atoms with Crippen molar-refractivity contribution in [2.24, 2.45) is 0 Å². The molecular formula is C19H17N3O6. The summed E-state index contributed by atoms with van der Waals surface area (Å²) in [5.41, 5.74) is 1.25. The molecule has 0 spiro atoms. The van der Waals surface area contributed by atoms with Gasteiger partial charge >= 0.3 is 5.76 Å². The summed E-state index contributed by atoms with van der Waals surface area (Å²) < 4.78 is 6.38. The zero-order chi connectivity index (χ0) is 20.3. The molecule has 0 saturated heterocycles. The van der Waals surface area contributed by atoms with Crippen LogP contribution >= 0.6 is 0 Å². The zero-order valence-corrected chi connectivity index (χ0v) is 15.0. The number of non-ortho nitro benzene ring substituents is 1. The first-order valence-electron chi connectivity index (χ1n) is 8.54. The second-order valence-corrected chi connectivity index (χ2v) is 6.18. The lowest BCUT2D eigenvalue weighted by Crippen LogP contribution is -2.17. The number of para-hydroxylation sites is 1. The summed E-state index contributed by atoms with van der Waals surface area (Å²) in [5, 5.41) is 13.5. The summed E-state index contributed by atoms with van der Waals surface area (Å²) in [5.74, 6) is -1.08. The number of Topliss-reactive ketones (excluding diaryl/α,β-unsaturated/α-hetero) is 1. The number of nitrogens with zero attached hydrogens (tertiary/aromatic N) is 2. The number of anilines is 1. The van der Waals surface area contributed by atoms with Gasteiger partial charge in [-0.1, -0.05) is 12.1 Å². The Morgan fingerprint density at radius 3 is 2.68 bits per heavy atom. The van der Waals surface area contributed by atoms with Crippen molar-refractivity contribution in [2.75, 3.05) is 5.32 Å². The number of aromatic nitrogens is 1. The number of benzene rings is 2. The number of hydrogen-bond acceptors (Lipinski definition) is 6. The summed E-state index contributed by atoms with van der Waals surface area (Å²) in [4.78, 5) is 46.0.